The molecule has 78 valence electrons. The number of nitrogen functional groups attached to an aromatic ring is 1. The van der Waals surface area contributed by atoms with Crippen molar-refractivity contribution in [2.24, 2.45) is 5.41 Å². The van der Waals surface area contributed by atoms with E-state index >= 15 is 0 Å². The highest BCUT2D eigenvalue weighted by Crippen LogP contribution is 2.34. The SMILES string of the molecule is Cc1cnc(N)c(C(O)C(C)(C)C)c1. The minimum absolute atomic E-state index is 0.219. The standard InChI is InChI=1S/C11H18N2O/c1-7-5-8(10(12)13-6-7)9(14)11(2,3)4/h5-6,9,14H,1-4H3,(H2,12,13). The zero-order valence-corrected chi connectivity index (χ0v) is 9.20. The van der Waals surface area contributed by atoms with Crippen LogP contribution in [0.1, 0.15) is 38.0 Å². The average molecular weight is 194 g/mol. The molecule has 1 heterocycles. The highest BCUT2D eigenvalue weighted by atomic mass is 16.3. The lowest BCUT2D eigenvalue weighted by Gasteiger charge is -2.26. The Hall–Kier alpha value is -1.09. The Morgan fingerprint density at radius 3 is 2.50 bits per heavy atom. The number of pyridine rings is 1. The minimum Gasteiger partial charge on any atom is -0.388 e. The summed E-state index contributed by atoms with van der Waals surface area (Å²) < 4.78 is 0. The predicted molar refractivity (Wildman–Crippen MR) is 57.8 cm³/mol. The molecule has 0 fully saturated rings. The van der Waals surface area contributed by atoms with Gasteiger partial charge in [-0.1, -0.05) is 20.8 Å². The van der Waals surface area contributed by atoms with Crippen molar-refractivity contribution in [2.45, 2.75) is 33.8 Å². The van der Waals surface area contributed by atoms with Crippen LogP contribution in [0.5, 0.6) is 0 Å². The van der Waals surface area contributed by atoms with Crippen molar-refractivity contribution < 1.29 is 5.11 Å². The lowest BCUT2D eigenvalue weighted by Crippen LogP contribution is -2.19. The molecule has 0 aliphatic heterocycles. The highest BCUT2D eigenvalue weighted by molar-refractivity contribution is 5.42. The number of nitrogens with zero attached hydrogens (tertiary/aromatic N) is 1. The summed E-state index contributed by atoms with van der Waals surface area (Å²) in [4.78, 5) is 4.03. The molecule has 1 aromatic rings. The van der Waals surface area contributed by atoms with Crippen LogP contribution < -0.4 is 5.73 Å². The lowest BCUT2D eigenvalue weighted by atomic mass is 9.85. The third kappa shape index (κ3) is 2.23. The molecule has 1 aromatic heterocycles. The van der Waals surface area contributed by atoms with Gasteiger partial charge in [-0.15, -0.1) is 0 Å². The Morgan fingerprint density at radius 2 is 2.00 bits per heavy atom. The van der Waals surface area contributed by atoms with E-state index in [1.165, 1.54) is 0 Å². The Labute approximate surface area is 85.0 Å². The highest BCUT2D eigenvalue weighted by Gasteiger charge is 2.25. The van der Waals surface area contributed by atoms with E-state index < -0.39 is 6.10 Å². The lowest BCUT2D eigenvalue weighted by molar-refractivity contribution is 0.0630. The maximum atomic E-state index is 10.0. The monoisotopic (exact) mass is 194 g/mol. The number of hydrogen-bond acceptors (Lipinski definition) is 3. The number of aryl methyl sites for hydroxylation is 1. The normalized spacial score (nSPS) is 14.1. The second-order valence-corrected chi connectivity index (χ2v) is 4.76. The van der Waals surface area contributed by atoms with E-state index in [-0.39, 0.29) is 5.41 Å². The summed E-state index contributed by atoms with van der Waals surface area (Å²) in [5.41, 5.74) is 7.23. The van der Waals surface area contributed by atoms with Gasteiger partial charge in [-0.2, -0.15) is 0 Å². The van der Waals surface area contributed by atoms with Crippen LogP contribution in [0.4, 0.5) is 5.82 Å². The topological polar surface area (TPSA) is 59.1 Å². The molecule has 0 amide bonds. The molecule has 0 aromatic carbocycles. The first-order valence-corrected chi connectivity index (χ1v) is 4.72. The van der Waals surface area contributed by atoms with Gasteiger partial charge < -0.3 is 10.8 Å². The number of aliphatic hydroxyl groups is 1. The van der Waals surface area contributed by atoms with E-state index in [9.17, 15) is 5.11 Å². The first kappa shape index (κ1) is 11.0. The quantitative estimate of drug-likeness (QED) is 0.719. The number of aliphatic hydroxyl groups excluding tert-OH is 1. The van der Waals surface area contributed by atoms with Gasteiger partial charge in [0.25, 0.3) is 0 Å². The summed E-state index contributed by atoms with van der Waals surface area (Å²) in [6, 6.07) is 1.89. The first-order chi connectivity index (χ1) is 6.32. The Kier molecular flexibility index (Phi) is 2.81. The molecule has 0 saturated heterocycles. The van der Waals surface area contributed by atoms with Gasteiger partial charge in [0.15, 0.2) is 0 Å². The number of hydrogen-bond donors (Lipinski definition) is 2. The maximum absolute atomic E-state index is 10.0. The molecule has 0 aliphatic carbocycles. The third-order valence-electron chi connectivity index (χ3n) is 2.20. The van der Waals surface area contributed by atoms with Gasteiger partial charge in [-0.3, -0.25) is 0 Å². The van der Waals surface area contributed by atoms with E-state index in [1.807, 2.05) is 33.8 Å². The van der Waals surface area contributed by atoms with Gasteiger partial charge in [0, 0.05) is 11.8 Å². The van der Waals surface area contributed by atoms with Gasteiger partial charge in [-0.05, 0) is 24.0 Å². The molecular formula is C11H18N2O. The molecule has 1 rings (SSSR count). The summed E-state index contributed by atoms with van der Waals surface area (Å²) in [5, 5.41) is 10.0. The van der Waals surface area contributed by atoms with Gasteiger partial charge in [0.05, 0.1) is 6.10 Å². The van der Waals surface area contributed by atoms with Crippen LogP contribution in [-0.4, -0.2) is 10.1 Å². The van der Waals surface area contributed by atoms with Crippen molar-refractivity contribution in [3.8, 4) is 0 Å². The summed E-state index contributed by atoms with van der Waals surface area (Å²) in [6.07, 6.45) is 1.13. The Bertz CT molecular complexity index is 329. The molecule has 0 radical (unpaired) electrons. The van der Waals surface area contributed by atoms with Crippen LogP contribution in [0.25, 0.3) is 0 Å². The molecule has 14 heavy (non-hydrogen) atoms. The second kappa shape index (κ2) is 3.58. The molecule has 0 bridgehead atoms. The van der Waals surface area contributed by atoms with Crippen molar-refractivity contribution in [3.05, 3.63) is 23.4 Å². The predicted octanol–water partition coefficient (Wildman–Crippen LogP) is 2.05. The van der Waals surface area contributed by atoms with Crippen molar-refractivity contribution >= 4 is 5.82 Å². The first-order valence-electron chi connectivity index (χ1n) is 4.72. The fraction of sp³-hybridized carbons (Fsp3) is 0.545. The van der Waals surface area contributed by atoms with Crippen molar-refractivity contribution in [2.75, 3.05) is 5.73 Å². The molecule has 1 unspecified atom stereocenters. The zero-order valence-electron chi connectivity index (χ0n) is 9.20. The van der Waals surface area contributed by atoms with Gasteiger partial charge in [-0.25, -0.2) is 4.98 Å². The van der Waals surface area contributed by atoms with Gasteiger partial charge in [0.2, 0.25) is 0 Å². The van der Waals surface area contributed by atoms with Crippen LogP contribution in [-0.2, 0) is 0 Å². The Balaban J connectivity index is 3.12. The molecule has 0 spiro atoms. The summed E-state index contributed by atoms with van der Waals surface area (Å²) in [6.45, 7) is 7.85. The molecule has 0 aliphatic rings. The smallest absolute Gasteiger partial charge is 0.129 e. The van der Waals surface area contributed by atoms with Gasteiger partial charge in [0.1, 0.15) is 5.82 Å². The van der Waals surface area contributed by atoms with E-state index in [2.05, 4.69) is 4.98 Å². The fourth-order valence-corrected chi connectivity index (χ4v) is 1.29. The Morgan fingerprint density at radius 1 is 1.43 bits per heavy atom. The maximum Gasteiger partial charge on any atom is 0.129 e. The number of aromatic nitrogens is 1. The molecule has 0 saturated carbocycles. The zero-order chi connectivity index (χ0) is 10.9. The largest absolute Gasteiger partial charge is 0.388 e. The molecule has 3 N–H and O–H groups in total. The number of nitrogens with two attached hydrogens (primary N) is 1. The second-order valence-electron chi connectivity index (χ2n) is 4.76. The molecular weight excluding hydrogens is 176 g/mol. The van der Waals surface area contributed by atoms with E-state index in [1.54, 1.807) is 6.20 Å². The molecule has 3 nitrogen and oxygen atoms in total. The van der Waals surface area contributed by atoms with Crippen LogP contribution in [0.2, 0.25) is 0 Å². The summed E-state index contributed by atoms with van der Waals surface area (Å²) in [7, 11) is 0. The molecule has 1 atom stereocenters. The summed E-state index contributed by atoms with van der Waals surface area (Å²) >= 11 is 0. The van der Waals surface area contributed by atoms with E-state index in [0.29, 0.717) is 5.82 Å². The minimum atomic E-state index is -0.574. The third-order valence-corrected chi connectivity index (χ3v) is 2.20. The average Bonchev–Trinajstić information content (AvgIpc) is 2.06. The molecule has 3 heteroatoms. The van der Waals surface area contributed by atoms with Crippen LogP contribution >= 0.6 is 0 Å². The van der Waals surface area contributed by atoms with E-state index in [0.717, 1.165) is 11.1 Å². The van der Waals surface area contributed by atoms with Crippen molar-refractivity contribution in [1.82, 2.24) is 4.98 Å². The van der Waals surface area contributed by atoms with Crippen LogP contribution in [0.15, 0.2) is 12.3 Å². The van der Waals surface area contributed by atoms with Gasteiger partial charge >= 0.3 is 0 Å². The van der Waals surface area contributed by atoms with Crippen molar-refractivity contribution in [3.63, 3.8) is 0 Å². The van der Waals surface area contributed by atoms with Crippen molar-refractivity contribution in [1.29, 1.82) is 0 Å². The van der Waals surface area contributed by atoms with Crippen LogP contribution in [0.3, 0.4) is 0 Å². The summed E-state index contributed by atoms with van der Waals surface area (Å²) in [5.74, 6) is 0.415. The number of anilines is 1. The van der Waals surface area contributed by atoms with E-state index in [4.69, 9.17) is 5.73 Å². The van der Waals surface area contributed by atoms with Crippen LogP contribution in [0, 0.1) is 12.3 Å². The number of rotatable bonds is 1. The fourth-order valence-electron chi connectivity index (χ4n) is 1.29.